The van der Waals surface area contributed by atoms with Gasteiger partial charge in [0, 0.05) is 42.2 Å². The molecule has 2 amide bonds. The summed E-state index contributed by atoms with van der Waals surface area (Å²) < 4.78 is 0. The lowest BCUT2D eigenvalue weighted by molar-refractivity contribution is -0.115. The fraction of sp³-hybridized carbons (Fsp3) is 0.250. The highest BCUT2D eigenvalue weighted by Crippen LogP contribution is 2.28. The van der Waals surface area contributed by atoms with Crippen LogP contribution in [0.4, 0.5) is 10.7 Å². The standard InChI is InChI=1S/C28H26N6O2S2/c35-26-25(38-28(36)33-26)14-21-5-9-30-27(31-21)34-10-6-18(7-11-34)15-29-16-24-22-4-2-1-3-19(22)13-23(32-24)20-8-12-37-17-20/h1-5,8-9,12-14,17-18,29H,6-7,10-11,15-16H2,(H,33,35,36)/b25-14+. The van der Waals surface area contributed by atoms with E-state index in [9.17, 15) is 9.59 Å². The Bertz CT molecular complexity index is 1510. The average Bonchev–Trinajstić information content (AvgIpc) is 3.59. The first-order valence-electron chi connectivity index (χ1n) is 12.6. The van der Waals surface area contributed by atoms with Crippen molar-refractivity contribution < 1.29 is 9.59 Å². The molecule has 0 unspecified atom stereocenters. The Kier molecular flexibility index (Phi) is 7.17. The van der Waals surface area contributed by atoms with E-state index in [2.05, 4.69) is 72.7 Å². The Morgan fingerprint density at radius 3 is 2.76 bits per heavy atom. The molecule has 3 aromatic heterocycles. The quantitative estimate of drug-likeness (QED) is 0.312. The van der Waals surface area contributed by atoms with E-state index < -0.39 is 0 Å². The second-order valence-corrected chi connectivity index (χ2v) is 11.2. The number of imide groups is 1. The molecule has 2 fully saturated rings. The van der Waals surface area contributed by atoms with Gasteiger partial charge in [-0.15, -0.1) is 0 Å². The number of nitrogens with zero attached hydrogens (tertiary/aromatic N) is 4. The number of fused-ring (bicyclic) bond motifs is 1. The second kappa shape index (κ2) is 11.0. The number of aromatic nitrogens is 3. The second-order valence-electron chi connectivity index (χ2n) is 9.38. The molecule has 5 heterocycles. The van der Waals surface area contributed by atoms with E-state index in [0.717, 1.165) is 67.7 Å². The minimum absolute atomic E-state index is 0.354. The summed E-state index contributed by atoms with van der Waals surface area (Å²) in [4.78, 5) is 39.9. The number of piperidine rings is 1. The number of carbonyl (C=O) groups is 2. The molecule has 2 N–H and O–H groups in total. The molecule has 2 saturated heterocycles. The van der Waals surface area contributed by atoms with Crippen molar-refractivity contribution in [3.05, 3.63) is 75.7 Å². The third kappa shape index (κ3) is 5.47. The molecule has 1 aromatic carbocycles. The Labute approximate surface area is 228 Å². The summed E-state index contributed by atoms with van der Waals surface area (Å²) >= 11 is 2.58. The molecule has 2 aliphatic rings. The van der Waals surface area contributed by atoms with E-state index in [1.54, 1.807) is 29.7 Å². The number of thiophene rings is 1. The van der Waals surface area contributed by atoms with Crippen molar-refractivity contribution >= 4 is 57.0 Å². The van der Waals surface area contributed by atoms with Crippen LogP contribution in [0.15, 0.2) is 64.3 Å². The van der Waals surface area contributed by atoms with Gasteiger partial charge >= 0.3 is 0 Å². The predicted molar refractivity (Wildman–Crippen MR) is 153 cm³/mol. The number of pyridine rings is 1. The topological polar surface area (TPSA) is 100 Å². The van der Waals surface area contributed by atoms with E-state index >= 15 is 0 Å². The molecule has 6 rings (SSSR count). The van der Waals surface area contributed by atoms with Crippen LogP contribution in [0.5, 0.6) is 0 Å². The lowest BCUT2D eigenvalue weighted by atomic mass is 9.97. The molecular formula is C28H26N6O2S2. The van der Waals surface area contributed by atoms with Crippen LogP contribution in [0.3, 0.4) is 0 Å². The van der Waals surface area contributed by atoms with Crippen LogP contribution in [-0.2, 0) is 11.3 Å². The molecule has 0 radical (unpaired) electrons. The SMILES string of the molecule is O=C1NC(=O)/C(=C\c2ccnc(N3CCC(CNCc4nc(-c5ccsc5)cc5ccccc45)CC3)n2)S1. The molecule has 0 aliphatic carbocycles. The van der Waals surface area contributed by atoms with Crippen LogP contribution >= 0.6 is 23.1 Å². The summed E-state index contributed by atoms with van der Waals surface area (Å²) in [5, 5.41) is 12.2. The van der Waals surface area contributed by atoms with E-state index in [0.29, 0.717) is 22.5 Å². The van der Waals surface area contributed by atoms with Crippen molar-refractivity contribution in [1.29, 1.82) is 0 Å². The lowest BCUT2D eigenvalue weighted by Crippen LogP contribution is -2.38. The number of rotatable bonds is 7. The number of nitrogens with one attached hydrogen (secondary N) is 2. The van der Waals surface area contributed by atoms with Crippen LogP contribution in [0.2, 0.25) is 0 Å². The minimum atomic E-state index is -0.380. The van der Waals surface area contributed by atoms with E-state index in [1.165, 1.54) is 10.8 Å². The Morgan fingerprint density at radius 1 is 1.11 bits per heavy atom. The number of hydrogen-bond donors (Lipinski definition) is 2. The number of carbonyl (C=O) groups excluding carboxylic acids is 2. The van der Waals surface area contributed by atoms with Crippen LogP contribution in [0.25, 0.3) is 28.1 Å². The van der Waals surface area contributed by atoms with Gasteiger partial charge in [0.2, 0.25) is 5.95 Å². The van der Waals surface area contributed by atoms with Gasteiger partial charge < -0.3 is 10.2 Å². The highest BCUT2D eigenvalue weighted by molar-refractivity contribution is 8.18. The number of amides is 2. The highest BCUT2D eigenvalue weighted by Gasteiger charge is 2.26. The Balaban J connectivity index is 1.06. The number of hydrogen-bond acceptors (Lipinski definition) is 9. The summed E-state index contributed by atoms with van der Waals surface area (Å²) in [6, 6.07) is 14.5. The van der Waals surface area contributed by atoms with Crippen molar-refractivity contribution in [1.82, 2.24) is 25.6 Å². The maximum atomic E-state index is 11.8. The average molecular weight is 543 g/mol. The van der Waals surface area contributed by atoms with E-state index in [-0.39, 0.29) is 11.1 Å². The first-order valence-corrected chi connectivity index (χ1v) is 14.3. The third-order valence-electron chi connectivity index (χ3n) is 6.84. The highest BCUT2D eigenvalue weighted by atomic mass is 32.2. The summed E-state index contributed by atoms with van der Waals surface area (Å²) in [6.45, 7) is 3.40. The zero-order valence-electron chi connectivity index (χ0n) is 20.6. The van der Waals surface area contributed by atoms with Crippen LogP contribution < -0.4 is 15.5 Å². The predicted octanol–water partition coefficient (Wildman–Crippen LogP) is 5.08. The number of anilines is 1. The maximum Gasteiger partial charge on any atom is 0.290 e. The van der Waals surface area contributed by atoms with Crippen molar-refractivity contribution in [2.24, 2.45) is 5.92 Å². The van der Waals surface area contributed by atoms with Crippen molar-refractivity contribution in [3.63, 3.8) is 0 Å². The van der Waals surface area contributed by atoms with Gasteiger partial charge in [0.25, 0.3) is 11.1 Å². The van der Waals surface area contributed by atoms with Crippen LogP contribution in [0, 0.1) is 5.92 Å². The van der Waals surface area contributed by atoms with Crippen LogP contribution in [-0.4, -0.2) is 45.7 Å². The molecular weight excluding hydrogens is 516 g/mol. The summed E-state index contributed by atoms with van der Waals surface area (Å²) in [6.07, 6.45) is 5.41. The Hall–Kier alpha value is -3.60. The largest absolute Gasteiger partial charge is 0.341 e. The van der Waals surface area contributed by atoms with Gasteiger partial charge in [-0.2, -0.15) is 11.3 Å². The van der Waals surface area contributed by atoms with E-state index in [1.807, 2.05) is 0 Å². The Morgan fingerprint density at radius 2 is 1.97 bits per heavy atom. The monoisotopic (exact) mass is 542 g/mol. The van der Waals surface area contributed by atoms with Gasteiger partial charge in [-0.05, 0) is 72.1 Å². The molecule has 8 nitrogen and oxygen atoms in total. The minimum Gasteiger partial charge on any atom is -0.341 e. The molecule has 0 bridgehead atoms. The smallest absolute Gasteiger partial charge is 0.290 e. The van der Waals surface area contributed by atoms with Gasteiger partial charge in [0.15, 0.2) is 0 Å². The summed E-state index contributed by atoms with van der Waals surface area (Å²) in [5.74, 6) is 0.837. The van der Waals surface area contributed by atoms with Gasteiger partial charge in [0.05, 0.1) is 22.0 Å². The lowest BCUT2D eigenvalue weighted by Gasteiger charge is -2.32. The third-order valence-corrected chi connectivity index (χ3v) is 8.34. The van der Waals surface area contributed by atoms with E-state index in [4.69, 9.17) is 4.98 Å². The molecule has 0 spiro atoms. The first kappa shape index (κ1) is 24.7. The maximum absolute atomic E-state index is 11.8. The summed E-state index contributed by atoms with van der Waals surface area (Å²) in [7, 11) is 0. The van der Waals surface area contributed by atoms with Gasteiger partial charge in [0.1, 0.15) is 0 Å². The van der Waals surface area contributed by atoms with Crippen molar-refractivity contribution in [3.8, 4) is 11.3 Å². The number of benzene rings is 1. The van der Waals surface area contributed by atoms with Crippen molar-refractivity contribution in [2.45, 2.75) is 19.4 Å². The molecule has 192 valence electrons. The fourth-order valence-electron chi connectivity index (χ4n) is 4.85. The normalized spacial score (nSPS) is 17.5. The fourth-order valence-corrected chi connectivity index (χ4v) is 6.16. The van der Waals surface area contributed by atoms with Crippen LogP contribution in [0.1, 0.15) is 24.2 Å². The van der Waals surface area contributed by atoms with Gasteiger partial charge in [-0.3, -0.25) is 19.9 Å². The molecule has 4 aromatic rings. The summed E-state index contributed by atoms with van der Waals surface area (Å²) in [5.41, 5.74) is 3.88. The zero-order chi connectivity index (χ0) is 25.9. The molecule has 38 heavy (non-hydrogen) atoms. The van der Waals surface area contributed by atoms with Crippen molar-refractivity contribution in [2.75, 3.05) is 24.5 Å². The molecule has 10 heteroatoms. The molecule has 0 saturated carbocycles. The first-order chi connectivity index (χ1) is 18.6. The zero-order valence-corrected chi connectivity index (χ0v) is 22.2. The molecule has 2 aliphatic heterocycles. The van der Waals surface area contributed by atoms with Gasteiger partial charge in [-0.25, -0.2) is 9.97 Å². The molecule has 0 atom stereocenters. The van der Waals surface area contributed by atoms with Gasteiger partial charge in [-0.1, -0.05) is 24.3 Å². The number of thioether (sulfide) groups is 1.